The number of aromatic carboxylic acids is 1. The van der Waals surface area contributed by atoms with Crippen LogP contribution in [0.4, 0.5) is 0 Å². The molecule has 0 fully saturated rings. The van der Waals surface area contributed by atoms with Gasteiger partial charge in [-0.15, -0.1) is 11.3 Å². The zero-order valence-electron chi connectivity index (χ0n) is 11.0. The maximum atomic E-state index is 11.0. The molecule has 6 heteroatoms. The molecule has 0 amide bonds. The molecule has 0 bridgehead atoms. The van der Waals surface area contributed by atoms with E-state index in [9.17, 15) is 4.79 Å². The van der Waals surface area contributed by atoms with Crippen molar-refractivity contribution in [3.63, 3.8) is 0 Å². The van der Waals surface area contributed by atoms with Crippen molar-refractivity contribution in [2.75, 3.05) is 0 Å². The van der Waals surface area contributed by atoms with Crippen LogP contribution in [-0.4, -0.2) is 20.9 Å². The summed E-state index contributed by atoms with van der Waals surface area (Å²) in [7, 11) is 1.91. The zero-order chi connectivity index (χ0) is 13.8. The summed E-state index contributed by atoms with van der Waals surface area (Å²) in [6, 6.07) is 1.85. The normalized spacial score (nSPS) is 10.8. The van der Waals surface area contributed by atoms with Crippen LogP contribution in [-0.2, 0) is 26.6 Å². The fourth-order valence-corrected chi connectivity index (χ4v) is 2.78. The maximum absolute atomic E-state index is 11.0. The summed E-state index contributed by atoms with van der Waals surface area (Å²) in [5, 5.41) is 18.5. The van der Waals surface area contributed by atoms with Crippen molar-refractivity contribution in [3.8, 4) is 0 Å². The summed E-state index contributed by atoms with van der Waals surface area (Å²) in [6.07, 6.45) is 2.90. The Morgan fingerprint density at radius 3 is 2.89 bits per heavy atom. The number of thiophene rings is 1. The molecule has 0 unspecified atom stereocenters. The second-order valence-electron chi connectivity index (χ2n) is 4.31. The standard InChI is InChI=1S/C13H17N3O2S/c1-3-11-10(8-16(2)15-11)7-14-6-9-4-5-19-12(9)13(17)18/h4-5,8,14H,3,6-7H2,1-2H3,(H,17,18). The first-order valence-electron chi connectivity index (χ1n) is 6.13. The number of aryl methyl sites for hydroxylation is 2. The van der Waals surface area contributed by atoms with Crippen molar-refractivity contribution in [3.05, 3.63) is 39.3 Å². The van der Waals surface area contributed by atoms with Gasteiger partial charge in [0.15, 0.2) is 0 Å². The van der Waals surface area contributed by atoms with E-state index in [-0.39, 0.29) is 0 Å². The minimum absolute atomic E-state index is 0.411. The number of carboxylic acids is 1. The van der Waals surface area contributed by atoms with Crippen LogP contribution in [0.1, 0.15) is 33.4 Å². The van der Waals surface area contributed by atoms with Gasteiger partial charge in [-0.25, -0.2) is 4.79 Å². The molecule has 0 aromatic carbocycles. The number of carbonyl (C=O) groups is 1. The lowest BCUT2D eigenvalue weighted by molar-refractivity contribution is 0.0701. The van der Waals surface area contributed by atoms with E-state index in [1.807, 2.05) is 29.4 Å². The molecule has 0 saturated heterocycles. The van der Waals surface area contributed by atoms with Gasteiger partial charge in [0.25, 0.3) is 0 Å². The van der Waals surface area contributed by atoms with E-state index in [1.165, 1.54) is 11.3 Å². The van der Waals surface area contributed by atoms with Gasteiger partial charge in [-0.3, -0.25) is 4.68 Å². The van der Waals surface area contributed by atoms with Crippen LogP contribution < -0.4 is 5.32 Å². The minimum atomic E-state index is -0.859. The summed E-state index contributed by atoms with van der Waals surface area (Å²) in [4.78, 5) is 11.4. The zero-order valence-corrected chi connectivity index (χ0v) is 11.8. The summed E-state index contributed by atoms with van der Waals surface area (Å²) in [5.74, 6) is -0.859. The van der Waals surface area contributed by atoms with E-state index in [2.05, 4.69) is 17.3 Å². The molecule has 0 saturated carbocycles. The summed E-state index contributed by atoms with van der Waals surface area (Å²) in [5.41, 5.74) is 3.08. The average Bonchev–Trinajstić information content (AvgIpc) is 2.96. The molecule has 0 aliphatic carbocycles. The molecule has 2 aromatic rings. The number of carboxylic acid groups (broad SMARTS) is 1. The molecule has 2 aromatic heterocycles. The number of nitrogens with zero attached hydrogens (tertiary/aromatic N) is 2. The molecule has 0 aliphatic rings. The summed E-state index contributed by atoms with van der Waals surface area (Å²) < 4.78 is 1.81. The Kier molecular flexibility index (Phi) is 4.34. The first-order chi connectivity index (χ1) is 9.11. The van der Waals surface area contributed by atoms with Crippen LogP contribution in [0, 0.1) is 0 Å². The van der Waals surface area contributed by atoms with Gasteiger partial charge in [0.05, 0.1) is 5.69 Å². The molecular weight excluding hydrogens is 262 g/mol. The fraction of sp³-hybridized carbons (Fsp3) is 0.385. The van der Waals surface area contributed by atoms with Crippen LogP contribution in [0.5, 0.6) is 0 Å². The van der Waals surface area contributed by atoms with Crippen molar-refractivity contribution in [2.45, 2.75) is 26.4 Å². The van der Waals surface area contributed by atoms with E-state index in [0.29, 0.717) is 18.0 Å². The molecule has 2 N–H and O–H groups in total. The highest BCUT2D eigenvalue weighted by atomic mass is 32.1. The number of nitrogens with one attached hydrogen (secondary N) is 1. The van der Waals surface area contributed by atoms with Crippen molar-refractivity contribution >= 4 is 17.3 Å². The Labute approximate surface area is 115 Å². The van der Waals surface area contributed by atoms with E-state index in [1.54, 1.807) is 0 Å². The van der Waals surface area contributed by atoms with Crippen LogP contribution in [0.2, 0.25) is 0 Å². The van der Waals surface area contributed by atoms with Crippen LogP contribution in [0.25, 0.3) is 0 Å². The molecule has 102 valence electrons. The molecule has 0 spiro atoms. The predicted octanol–water partition coefficient (Wildman–Crippen LogP) is 2.03. The molecule has 0 aliphatic heterocycles. The second-order valence-corrected chi connectivity index (χ2v) is 5.23. The topological polar surface area (TPSA) is 67.2 Å². The van der Waals surface area contributed by atoms with Gasteiger partial charge >= 0.3 is 5.97 Å². The van der Waals surface area contributed by atoms with Gasteiger partial charge in [0.2, 0.25) is 0 Å². The first-order valence-corrected chi connectivity index (χ1v) is 7.01. The van der Waals surface area contributed by atoms with Gasteiger partial charge in [-0.1, -0.05) is 6.92 Å². The maximum Gasteiger partial charge on any atom is 0.346 e. The molecule has 0 radical (unpaired) electrons. The van der Waals surface area contributed by atoms with Crippen molar-refractivity contribution < 1.29 is 9.90 Å². The highest BCUT2D eigenvalue weighted by molar-refractivity contribution is 7.12. The van der Waals surface area contributed by atoms with Gasteiger partial charge in [-0.05, 0) is 23.4 Å². The number of aromatic nitrogens is 2. The molecule has 0 atom stereocenters. The van der Waals surface area contributed by atoms with Gasteiger partial charge in [0.1, 0.15) is 4.88 Å². The van der Waals surface area contributed by atoms with Crippen molar-refractivity contribution in [2.24, 2.45) is 7.05 Å². The highest BCUT2D eigenvalue weighted by Crippen LogP contribution is 2.16. The molecule has 2 heterocycles. The lowest BCUT2D eigenvalue weighted by atomic mass is 10.2. The smallest absolute Gasteiger partial charge is 0.346 e. The van der Waals surface area contributed by atoms with E-state index < -0.39 is 5.97 Å². The number of hydrogen-bond donors (Lipinski definition) is 2. The third-order valence-corrected chi connectivity index (χ3v) is 3.84. The van der Waals surface area contributed by atoms with Gasteiger partial charge < -0.3 is 10.4 Å². The second kappa shape index (κ2) is 5.99. The Bertz CT molecular complexity index is 574. The quantitative estimate of drug-likeness (QED) is 0.849. The van der Waals surface area contributed by atoms with Crippen LogP contribution in [0.15, 0.2) is 17.6 Å². The van der Waals surface area contributed by atoms with Crippen LogP contribution in [0.3, 0.4) is 0 Å². The molecule has 5 nitrogen and oxygen atoms in total. The third-order valence-electron chi connectivity index (χ3n) is 2.90. The average molecular weight is 279 g/mol. The molecule has 19 heavy (non-hydrogen) atoms. The van der Waals surface area contributed by atoms with Gasteiger partial charge in [-0.2, -0.15) is 5.10 Å². The van der Waals surface area contributed by atoms with Crippen molar-refractivity contribution in [1.29, 1.82) is 0 Å². The third kappa shape index (κ3) is 3.21. The Hall–Kier alpha value is -1.66. The fourth-order valence-electron chi connectivity index (χ4n) is 2.02. The van der Waals surface area contributed by atoms with E-state index >= 15 is 0 Å². The van der Waals surface area contributed by atoms with Crippen LogP contribution >= 0.6 is 11.3 Å². The van der Waals surface area contributed by atoms with Gasteiger partial charge in [0, 0.05) is 31.9 Å². The Balaban J connectivity index is 1.96. The Morgan fingerprint density at radius 2 is 2.21 bits per heavy atom. The van der Waals surface area contributed by atoms with E-state index in [4.69, 9.17) is 5.11 Å². The monoisotopic (exact) mass is 279 g/mol. The molecule has 2 rings (SSSR count). The first kappa shape index (κ1) is 13.8. The largest absolute Gasteiger partial charge is 0.477 e. The number of rotatable bonds is 6. The lowest BCUT2D eigenvalue weighted by Crippen LogP contribution is -2.14. The highest BCUT2D eigenvalue weighted by Gasteiger charge is 2.11. The summed E-state index contributed by atoms with van der Waals surface area (Å²) >= 11 is 1.26. The minimum Gasteiger partial charge on any atom is -0.477 e. The lowest BCUT2D eigenvalue weighted by Gasteiger charge is -2.04. The number of hydrogen-bond acceptors (Lipinski definition) is 4. The molecular formula is C13H17N3O2S. The predicted molar refractivity (Wildman–Crippen MR) is 74.4 cm³/mol. The Morgan fingerprint density at radius 1 is 1.47 bits per heavy atom. The van der Waals surface area contributed by atoms with Crippen molar-refractivity contribution in [1.82, 2.24) is 15.1 Å². The summed E-state index contributed by atoms with van der Waals surface area (Å²) in [6.45, 7) is 3.34. The SMILES string of the molecule is CCc1nn(C)cc1CNCc1ccsc1C(=O)O. The van der Waals surface area contributed by atoms with E-state index in [0.717, 1.165) is 23.2 Å².